The van der Waals surface area contributed by atoms with Gasteiger partial charge < -0.3 is 5.32 Å². The summed E-state index contributed by atoms with van der Waals surface area (Å²) in [5, 5.41) is 4.74. The summed E-state index contributed by atoms with van der Waals surface area (Å²) in [6.07, 6.45) is 5.52. The van der Waals surface area contributed by atoms with Gasteiger partial charge in [-0.3, -0.25) is 4.98 Å². The minimum absolute atomic E-state index is 0.772. The van der Waals surface area contributed by atoms with Crippen molar-refractivity contribution < 1.29 is 0 Å². The lowest BCUT2D eigenvalue weighted by molar-refractivity contribution is 0.897. The van der Waals surface area contributed by atoms with E-state index < -0.39 is 0 Å². The van der Waals surface area contributed by atoms with E-state index in [0.717, 1.165) is 20.9 Å². The quantitative estimate of drug-likeness (QED) is 0.520. The van der Waals surface area contributed by atoms with Crippen LogP contribution in [0.15, 0.2) is 45.7 Å². The Kier molecular flexibility index (Phi) is 4.22. The SMILES string of the molecule is CNc1cc(Sc2ccncc2)nc(SC)n1. The van der Waals surface area contributed by atoms with E-state index in [1.165, 1.54) is 11.8 Å². The second kappa shape index (κ2) is 5.88. The van der Waals surface area contributed by atoms with Crippen molar-refractivity contribution in [2.24, 2.45) is 0 Å². The smallest absolute Gasteiger partial charge is 0.190 e. The van der Waals surface area contributed by atoms with Gasteiger partial charge in [-0.25, -0.2) is 9.97 Å². The number of pyridine rings is 1. The van der Waals surface area contributed by atoms with Gasteiger partial charge in [0.25, 0.3) is 0 Å². The number of anilines is 1. The Labute approximate surface area is 109 Å². The lowest BCUT2D eigenvalue weighted by Gasteiger charge is -2.05. The van der Waals surface area contributed by atoms with E-state index in [-0.39, 0.29) is 0 Å². The van der Waals surface area contributed by atoms with E-state index in [9.17, 15) is 0 Å². The molecular formula is C11H12N4S2. The minimum atomic E-state index is 0.772. The molecule has 0 amide bonds. The topological polar surface area (TPSA) is 50.7 Å². The predicted molar refractivity (Wildman–Crippen MR) is 71.7 cm³/mol. The first-order valence-corrected chi connectivity index (χ1v) is 7.04. The van der Waals surface area contributed by atoms with Crippen molar-refractivity contribution in [1.82, 2.24) is 15.0 Å². The van der Waals surface area contributed by atoms with Crippen molar-refractivity contribution in [2.45, 2.75) is 15.1 Å². The Morgan fingerprint density at radius 3 is 2.59 bits per heavy atom. The van der Waals surface area contributed by atoms with Crippen LogP contribution in [-0.2, 0) is 0 Å². The van der Waals surface area contributed by atoms with Crippen LogP contribution in [0.5, 0.6) is 0 Å². The Morgan fingerprint density at radius 1 is 1.18 bits per heavy atom. The molecule has 1 N–H and O–H groups in total. The molecule has 0 fully saturated rings. The van der Waals surface area contributed by atoms with E-state index in [4.69, 9.17) is 0 Å². The van der Waals surface area contributed by atoms with Crippen molar-refractivity contribution in [2.75, 3.05) is 18.6 Å². The second-order valence-electron chi connectivity index (χ2n) is 3.11. The van der Waals surface area contributed by atoms with E-state index in [0.29, 0.717) is 0 Å². The number of nitrogens with one attached hydrogen (secondary N) is 1. The second-order valence-corrected chi connectivity index (χ2v) is 4.98. The highest BCUT2D eigenvalue weighted by Crippen LogP contribution is 2.28. The fraction of sp³-hybridized carbons (Fsp3) is 0.182. The van der Waals surface area contributed by atoms with Crippen molar-refractivity contribution in [3.05, 3.63) is 30.6 Å². The molecule has 2 aromatic rings. The molecule has 17 heavy (non-hydrogen) atoms. The number of hydrogen-bond acceptors (Lipinski definition) is 6. The van der Waals surface area contributed by atoms with Crippen molar-refractivity contribution in [1.29, 1.82) is 0 Å². The summed E-state index contributed by atoms with van der Waals surface area (Å²) in [6, 6.07) is 5.86. The minimum Gasteiger partial charge on any atom is -0.373 e. The van der Waals surface area contributed by atoms with Gasteiger partial charge >= 0.3 is 0 Å². The molecule has 0 aliphatic rings. The average molecular weight is 264 g/mol. The Hall–Kier alpha value is -1.27. The summed E-state index contributed by atoms with van der Waals surface area (Å²) in [5.74, 6) is 0.834. The molecule has 0 aliphatic heterocycles. The first-order chi connectivity index (χ1) is 8.31. The maximum Gasteiger partial charge on any atom is 0.190 e. The normalized spacial score (nSPS) is 10.2. The van der Waals surface area contributed by atoms with Crippen LogP contribution in [0.2, 0.25) is 0 Å². The number of hydrogen-bond donors (Lipinski definition) is 1. The first-order valence-electron chi connectivity index (χ1n) is 5.00. The van der Waals surface area contributed by atoms with Crippen LogP contribution >= 0.6 is 23.5 Å². The maximum atomic E-state index is 4.45. The molecule has 2 rings (SSSR count). The monoisotopic (exact) mass is 264 g/mol. The molecule has 0 bridgehead atoms. The van der Waals surface area contributed by atoms with E-state index in [2.05, 4.69) is 20.3 Å². The van der Waals surface area contributed by atoms with Crippen LogP contribution in [-0.4, -0.2) is 28.3 Å². The molecule has 4 nitrogen and oxygen atoms in total. The summed E-state index contributed by atoms with van der Waals surface area (Å²) in [6.45, 7) is 0. The zero-order valence-electron chi connectivity index (χ0n) is 9.54. The number of rotatable bonds is 4. The van der Waals surface area contributed by atoms with Crippen LogP contribution in [0.25, 0.3) is 0 Å². The standard InChI is InChI=1S/C11H12N4S2/c1-12-9-7-10(15-11(14-9)16-2)17-8-3-5-13-6-4-8/h3-7H,1-2H3,(H,12,14,15). The Balaban J connectivity index is 2.26. The lowest BCUT2D eigenvalue weighted by Crippen LogP contribution is -1.96. The third-order valence-corrected chi connectivity index (χ3v) is 3.47. The molecule has 0 aliphatic carbocycles. The summed E-state index contributed by atoms with van der Waals surface area (Å²) >= 11 is 3.14. The van der Waals surface area contributed by atoms with Gasteiger partial charge in [0.1, 0.15) is 10.8 Å². The molecule has 0 aromatic carbocycles. The molecule has 0 unspecified atom stereocenters. The van der Waals surface area contributed by atoms with Gasteiger partial charge in [0.2, 0.25) is 0 Å². The van der Waals surface area contributed by atoms with Crippen LogP contribution in [0, 0.1) is 0 Å². The highest BCUT2D eigenvalue weighted by atomic mass is 32.2. The summed E-state index contributed by atoms with van der Waals surface area (Å²) < 4.78 is 0. The van der Waals surface area contributed by atoms with Crippen molar-refractivity contribution in [3.8, 4) is 0 Å². The van der Waals surface area contributed by atoms with E-state index in [1.54, 1.807) is 24.2 Å². The van der Waals surface area contributed by atoms with Crippen molar-refractivity contribution >= 4 is 29.3 Å². The molecule has 88 valence electrons. The Morgan fingerprint density at radius 2 is 1.94 bits per heavy atom. The molecule has 2 aromatic heterocycles. The van der Waals surface area contributed by atoms with Gasteiger partial charge in [0.05, 0.1) is 0 Å². The van der Waals surface area contributed by atoms with Crippen LogP contribution in [0.1, 0.15) is 0 Å². The van der Waals surface area contributed by atoms with Gasteiger partial charge in [-0.15, -0.1) is 0 Å². The number of thioether (sulfide) groups is 1. The third kappa shape index (κ3) is 3.34. The summed E-state index contributed by atoms with van der Waals surface area (Å²) in [5.41, 5.74) is 0. The van der Waals surface area contributed by atoms with E-state index in [1.807, 2.05) is 31.5 Å². The summed E-state index contributed by atoms with van der Waals surface area (Å²) in [7, 11) is 1.85. The van der Waals surface area contributed by atoms with Gasteiger partial charge in [-0.05, 0) is 18.4 Å². The molecular weight excluding hydrogens is 252 g/mol. The third-order valence-electron chi connectivity index (χ3n) is 1.99. The fourth-order valence-electron chi connectivity index (χ4n) is 1.20. The highest BCUT2D eigenvalue weighted by Gasteiger charge is 2.04. The number of aromatic nitrogens is 3. The predicted octanol–water partition coefficient (Wildman–Crippen LogP) is 2.79. The van der Waals surface area contributed by atoms with Crippen LogP contribution in [0.3, 0.4) is 0 Å². The summed E-state index contributed by atoms with van der Waals surface area (Å²) in [4.78, 5) is 13.9. The zero-order chi connectivity index (χ0) is 12.1. The lowest BCUT2D eigenvalue weighted by atomic mass is 10.5. The highest BCUT2D eigenvalue weighted by molar-refractivity contribution is 7.99. The Bertz CT molecular complexity index is 468. The number of nitrogens with zero attached hydrogens (tertiary/aromatic N) is 3. The molecule has 0 radical (unpaired) electrons. The van der Waals surface area contributed by atoms with Gasteiger partial charge in [-0.2, -0.15) is 0 Å². The molecule has 0 atom stereocenters. The average Bonchev–Trinajstić information content (AvgIpc) is 2.39. The van der Waals surface area contributed by atoms with Gasteiger partial charge in [0, 0.05) is 30.4 Å². The largest absolute Gasteiger partial charge is 0.373 e. The van der Waals surface area contributed by atoms with Crippen LogP contribution in [0.4, 0.5) is 5.82 Å². The first kappa shape index (κ1) is 12.2. The van der Waals surface area contributed by atoms with Crippen LogP contribution < -0.4 is 5.32 Å². The molecule has 0 saturated carbocycles. The molecule has 0 spiro atoms. The molecule has 2 heterocycles. The van der Waals surface area contributed by atoms with E-state index >= 15 is 0 Å². The maximum absolute atomic E-state index is 4.45. The molecule has 6 heteroatoms. The van der Waals surface area contributed by atoms with Crippen molar-refractivity contribution in [3.63, 3.8) is 0 Å². The molecule has 0 saturated heterocycles. The fourth-order valence-corrected chi connectivity index (χ4v) is 2.44. The zero-order valence-corrected chi connectivity index (χ0v) is 11.2. The van der Waals surface area contributed by atoms with Gasteiger partial charge in [0.15, 0.2) is 5.16 Å². The van der Waals surface area contributed by atoms with Gasteiger partial charge in [-0.1, -0.05) is 23.5 Å².